The molecule has 0 bridgehead atoms. The Morgan fingerprint density at radius 2 is 2.29 bits per heavy atom. The first-order valence-electron chi connectivity index (χ1n) is 5.85. The zero-order chi connectivity index (χ0) is 12.8. The number of nitriles is 1. The summed E-state index contributed by atoms with van der Waals surface area (Å²) in [7, 11) is 0. The molecule has 3 nitrogen and oxygen atoms in total. The van der Waals surface area contributed by atoms with Crippen LogP contribution in [0.4, 0.5) is 0 Å². The van der Waals surface area contributed by atoms with Crippen LogP contribution in [0, 0.1) is 17.2 Å². The van der Waals surface area contributed by atoms with Crippen LogP contribution in [0.25, 0.3) is 0 Å². The molecule has 0 aliphatic carbocycles. The number of aryl methyl sites for hydroxylation is 1. The Balaban J connectivity index is 2.68. The summed E-state index contributed by atoms with van der Waals surface area (Å²) in [6.45, 7) is 6.10. The third-order valence-electron chi connectivity index (χ3n) is 2.50. The summed E-state index contributed by atoms with van der Waals surface area (Å²) in [5.74, 6) is 0.276. The number of hydrogen-bond donors (Lipinski definition) is 1. The molecule has 0 aromatic carbocycles. The minimum atomic E-state index is -0.394. The topological polar surface area (TPSA) is 52.9 Å². The average molecular weight is 250 g/mol. The van der Waals surface area contributed by atoms with Gasteiger partial charge in [-0.05, 0) is 35.8 Å². The lowest BCUT2D eigenvalue weighted by Gasteiger charge is -2.13. The summed E-state index contributed by atoms with van der Waals surface area (Å²) in [4.78, 5) is 12.7. The molecule has 0 saturated carbocycles. The van der Waals surface area contributed by atoms with Gasteiger partial charge in [-0.25, -0.2) is 0 Å². The second-order valence-corrected chi connectivity index (χ2v) is 5.33. The van der Waals surface area contributed by atoms with Gasteiger partial charge in [-0.3, -0.25) is 4.79 Å². The standard InChI is InChI=1S/C13H18N2OS/c1-4-10-5-6-17-12(10)13(16)15-11(8-14)7-9(2)3/h5-6,9,11H,4,7H2,1-3H3,(H,15,16)/t11-/m0/s1. The predicted octanol–water partition coefficient (Wildman–Crippen LogP) is 2.98. The second-order valence-electron chi connectivity index (χ2n) is 4.41. The van der Waals surface area contributed by atoms with Gasteiger partial charge in [-0.1, -0.05) is 20.8 Å². The molecule has 1 rings (SSSR count). The summed E-state index contributed by atoms with van der Waals surface area (Å²) >= 11 is 1.43. The van der Waals surface area contributed by atoms with E-state index in [4.69, 9.17) is 5.26 Å². The van der Waals surface area contributed by atoms with E-state index in [0.717, 1.165) is 16.9 Å². The van der Waals surface area contributed by atoms with E-state index in [0.29, 0.717) is 12.3 Å². The molecule has 92 valence electrons. The predicted molar refractivity (Wildman–Crippen MR) is 70.0 cm³/mol. The van der Waals surface area contributed by atoms with Gasteiger partial charge >= 0.3 is 0 Å². The third-order valence-corrected chi connectivity index (χ3v) is 3.46. The quantitative estimate of drug-likeness (QED) is 0.873. The van der Waals surface area contributed by atoms with Gasteiger partial charge in [0.25, 0.3) is 5.91 Å². The van der Waals surface area contributed by atoms with Crippen LogP contribution in [0.3, 0.4) is 0 Å². The van der Waals surface area contributed by atoms with Crippen LogP contribution >= 0.6 is 11.3 Å². The maximum Gasteiger partial charge on any atom is 0.262 e. The highest BCUT2D eigenvalue weighted by atomic mass is 32.1. The molecule has 0 radical (unpaired) electrons. The van der Waals surface area contributed by atoms with Crippen LogP contribution in [-0.2, 0) is 6.42 Å². The number of amides is 1. The lowest BCUT2D eigenvalue weighted by atomic mass is 10.0. The first-order valence-corrected chi connectivity index (χ1v) is 6.73. The fraction of sp³-hybridized carbons (Fsp3) is 0.538. The molecule has 1 atom stereocenters. The van der Waals surface area contributed by atoms with E-state index in [-0.39, 0.29) is 5.91 Å². The summed E-state index contributed by atoms with van der Waals surface area (Å²) < 4.78 is 0. The van der Waals surface area contributed by atoms with Crippen molar-refractivity contribution in [1.82, 2.24) is 5.32 Å². The van der Waals surface area contributed by atoms with Crippen molar-refractivity contribution in [1.29, 1.82) is 5.26 Å². The minimum Gasteiger partial charge on any atom is -0.336 e. The molecule has 0 aliphatic heterocycles. The van der Waals surface area contributed by atoms with Crippen molar-refractivity contribution in [3.63, 3.8) is 0 Å². The van der Waals surface area contributed by atoms with Crippen molar-refractivity contribution in [2.24, 2.45) is 5.92 Å². The van der Waals surface area contributed by atoms with Crippen LogP contribution in [-0.4, -0.2) is 11.9 Å². The number of rotatable bonds is 5. The van der Waals surface area contributed by atoms with Crippen molar-refractivity contribution < 1.29 is 4.79 Å². The zero-order valence-corrected chi connectivity index (χ0v) is 11.3. The van der Waals surface area contributed by atoms with Gasteiger partial charge in [-0.15, -0.1) is 11.3 Å². The Bertz CT molecular complexity index is 417. The fourth-order valence-electron chi connectivity index (χ4n) is 1.65. The zero-order valence-electron chi connectivity index (χ0n) is 10.5. The number of thiophene rings is 1. The lowest BCUT2D eigenvalue weighted by molar-refractivity contribution is 0.0945. The first kappa shape index (κ1) is 13.7. The summed E-state index contributed by atoms with van der Waals surface area (Å²) in [6, 6.07) is 3.70. The van der Waals surface area contributed by atoms with E-state index in [1.54, 1.807) is 0 Å². The van der Waals surface area contributed by atoms with E-state index >= 15 is 0 Å². The number of carbonyl (C=O) groups excluding carboxylic acids is 1. The molecule has 17 heavy (non-hydrogen) atoms. The Labute approximate surface area is 106 Å². The van der Waals surface area contributed by atoms with Crippen molar-refractivity contribution in [2.75, 3.05) is 0 Å². The van der Waals surface area contributed by atoms with Crippen LogP contribution < -0.4 is 5.32 Å². The second kappa shape index (κ2) is 6.41. The number of hydrogen-bond acceptors (Lipinski definition) is 3. The highest BCUT2D eigenvalue weighted by Gasteiger charge is 2.17. The molecular formula is C13H18N2OS. The monoisotopic (exact) mass is 250 g/mol. The lowest BCUT2D eigenvalue weighted by Crippen LogP contribution is -2.34. The van der Waals surface area contributed by atoms with E-state index in [1.165, 1.54) is 11.3 Å². The summed E-state index contributed by atoms with van der Waals surface area (Å²) in [6.07, 6.45) is 1.53. The van der Waals surface area contributed by atoms with Gasteiger partial charge in [0.1, 0.15) is 6.04 Å². The van der Waals surface area contributed by atoms with E-state index in [9.17, 15) is 4.79 Å². The molecule has 1 heterocycles. The molecule has 1 aromatic heterocycles. The highest BCUT2D eigenvalue weighted by Crippen LogP contribution is 2.17. The van der Waals surface area contributed by atoms with Gasteiger partial charge in [0, 0.05) is 0 Å². The maximum absolute atomic E-state index is 12.0. The van der Waals surface area contributed by atoms with E-state index < -0.39 is 6.04 Å². The fourth-order valence-corrected chi connectivity index (χ4v) is 2.55. The molecule has 0 spiro atoms. The summed E-state index contributed by atoms with van der Waals surface area (Å²) in [5.41, 5.74) is 1.05. The normalized spacial score (nSPS) is 12.2. The number of carbonyl (C=O) groups is 1. The molecule has 0 unspecified atom stereocenters. The number of nitrogens with one attached hydrogen (secondary N) is 1. The average Bonchev–Trinajstić information content (AvgIpc) is 2.75. The van der Waals surface area contributed by atoms with E-state index in [1.807, 2.05) is 32.2 Å². The Hall–Kier alpha value is -1.34. The molecule has 1 N–H and O–H groups in total. The van der Waals surface area contributed by atoms with Crippen LogP contribution in [0.1, 0.15) is 42.4 Å². The first-order chi connectivity index (χ1) is 8.08. The SMILES string of the molecule is CCc1ccsc1C(=O)N[C@H](C#N)CC(C)C. The smallest absolute Gasteiger partial charge is 0.262 e. The summed E-state index contributed by atoms with van der Waals surface area (Å²) in [5, 5.41) is 13.7. The van der Waals surface area contributed by atoms with Crippen molar-refractivity contribution in [3.8, 4) is 6.07 Å². The largest absolute Gasteiger partial charge is 0.336 e. The molecule has 1 aromatic rings. The van der Waals surface area contributed by atoms with Crippen molar-refractivity contribution in [2.45, 2.75) is 39.7 Å². The van der Waals surface area contributed by atoms with Crippen molar-refractivity contribution >= 4 is 17.2 Å². The highest BCUT2D eigenvalue weighted by molar-refractivity contribution is 7.12. The Morgan fingerprint density at radius 3 is 2.82 bits per heavy atom. The van der Waals surface area contributed by atoms with Crippen LogP contribution in [0.5, 0.6) is 0 Å². The number of nitrogens with zero attached hydrogens (tertiary/aromatic N) is 1. The molecule has 0 saturated heterocycles. The van der Waals surface area contributed by atoms with Crippen LogP contribution in [0.2, 0.25) is 0 Å². The Kier molecular flexibility index (Phi) is 5.17. The minimum absolute atomic E-state index is 0.121. The molecule has 0 fully saturated rings. The van der Waals surface area contributed by atoms with Gasteiger partial charge in [0.05, 0.1) is 10.9 Å². The third kappa shape index (κ3) is 3.86. The van der Waals surface area contributed by atoms with Gasteiger partial charge in [0.15, 0.2) is 0 Å². The van der Waals surface area contributed by atoms with Crippen molar-refractivity contribution in [3.05, 3.63) is 21.9 Å². The Morgan fingerprint density at radius 1 is 1.59 bits per heavy atom. The van der Waals surface area contributed by atoms with Crippen LogP contribution in [0.15, 0.2) is 11.4 Å². The van der Waals surface area contributed by atoms with Gasteiger partial charge in [-0.2, -0.15) is 5.26 Å². The molecule has 1 amide bonds. The maximum atomic E-state index is 12.0. The van der Waals surface area contributed by atoms with E-state index in [2.05, 4.69) is 11.4 Å². The van der Waals surface area contributed by atoms with Gasteiger partial charge in [0.2, 0.25) is 0 Å². The molecule has 4 heteroatoms. The van der Waals surface area contributed by atoms with Gasteiger partial charge < -0.3 is 5.32 Å². The molecule has 0 aliphatic rings. The molecular weight excluding hydrogens is 232 g/mol.